The van der Waals surface area contributed by atoms with Gasteiger partial charge in [-0.2, -0.15) is 4.98 Å². The Balaban J connectivity index is 1.37. The average Bonchev–Trinajstić information content (AvgIpc) is 3.03. The molecule has 5 heterocycles. The number of rotatable bonds is 7. The summed E-state index contributed by atoms with van der Waals surface area (Å²) in [5.74, 6) is 0.700. The van der Waals surface area contributed by atoms with Crippen LogP contribution in [-0.2, 0) is 27.2 Å². The lowest BCUT2D eigenvalue weighted by atomic mass is 9.81. The van der Waals surface area contributed by atoms with Crippen molar-refractivity contribution < 1.29 is 19.4 Å². The minimum Gasteiger partial charge on any atom is -0.479 e. The summed E-state index contributed by atoms with van der Waals surface area (Å²) >= 11 is 0. The van der Waals surface area contributed by atoms with E-state index in [0.29, 0.717) is 24.5 Å². The molecule has 0 amide bonds. The fourth-order valence-electron chi connectivity index (χ4n) is 7.09. The summed E-state index contributed by atoms with van der Waals surface area (Å²) < 4.78 is 11.8. The lowest BCUT2D eigenvalue weighted by Crippen LogP contribution is -2.39. The molecule has 3 aliphatic rings. The Morgan fingerprint density at radius 3 is 2.34 bits per heavy atom. The molecule has 2 saturated heterocycles. The second-order valence-electron chi connectivity index (χ2n) is 15.0. The number of aromatic nitrogens is 3. The average molecular weight is 643 g/mol. The van der Waals surface area contributed by atoms with E-state index in [0.717, 1.165) is 92.8 Å². The third kappa shape index (κ3) is 7.23. The van der Waals surface area contributed by atoms with Crippen molar-refractivity contribution in [2.24, 2.45) is 5.41 Å². The monoisotopic (exact) mass is 642 g/mol. The van der Waals surface area contributed by atoms with E-state index < -0.39 is 17.7 Å². The van der Waals surface area contributed by atoms with Gasteiger partial charge in [0.1, 0.15) is 5.82 Å². The molecule has 2 fully saturated rings. The van der Waals surface area contributed by atoms with Gasteiger partial charge in [0.25, 0.3) is 0 Å². The Morgan fingerprint density at radius 2 is 1.66 bits per heavy atom. The van der Waals surface area contributed by atoms with Gasteiger partial charge in [0, 0.05) is 68.0 Å². The van der Waals surface area contributed by atoms with Gasteiger partial charge < -0.3 is 29.3 Å². The van der Waals surface area contributed by atoms with Crippen LogP contribution in [0.5, 0.6) is 0 Å². The molecule has 2 aromatic heterocycles. The van der Waals surface area contributed by atoms with E-state index in [-0.39, 0.29) is 5.41 Å². The summed E-state index contributed by atoms with van der Waals surface area (Å²) in [7, 11) is 0. The second-order valence-corrected chi connectivity index (χ2v) is 15.0. The van der Waals surface area contributed by atoms with Crippen molar-refractivity contribution >= 4 is 23.4 Å². The third-order valence-electron chi connectivity index (χ3n) is 9.72. The van der Waals surface area contributed by atoms with E-state index in [1.165, 1.54) is 11.1 Å². The second kappa shape index (κ2) is 13.0. The van der Waals surface area contributed by atoms with E-state index in [4.69, 9.17) is 19.4 Å². The number of hydrogen-bond acceptors (Lipinski definition) is 9. The van der Waals surface area contributed by atoms with Crippen LogP contribution in [0.25, 0.3) is 11.1 Å². The summed E-state index contributed by atoms with van der Waals surface area (Å²) in [6.07, 6.45) is 3.63. The number of carboxylic acids is 1. The number of piperidine rings is 1. The summed E-state index contributed by atoms with van der Waals surface area (Å²) in [5, 5.41) is 10.5. The van der Waals surface area contributed by atoms with E-state index in [1.54, 1.807) is 0 Å². The van der Waals surface area contributed by atoms with Crippen LogP contribution in [0.2, 0.25) is 0 Å². The molecule has 0 saturated carbocycles. The topological polar surface area (TPSA) is 104 Å². The fraction of sp³-hybridized carbons (Fsp3) is 0.568. The molecule has 3 aromatic rings. The highest BCUT2D eigenvalue weighted by Gasteiger charge is 2.36. The first-order valence-electron chi connectivity index (χ1n) is 17.0. The molecular formula is C37H50N6O4. The smallest absolute Gasteiger partial charge is 0.337 e. The van der Waals surface area contributed by atoms with Crippen LogP contribution in [-0.4, -0.2) is 77.6 Å². The van der Waals surface area contributed by atoms with Crippen molar-refractivity contribution in [1.29, 1.82) is 0 Å². The Kier molecular flexibility index (Phi) is 9.19. The van der Waals surface area contributed by atoms with Crippen LogP contribution >= 0.6 is 0 Å². The quantitative estimate of drug-likeness (QED) is 0.324. The number of ether oxygens (including phenoxy) is 2. The first-order valence-corrected chi connectivity index (χ1v) is 17.0. The van der Waals surface area contributed by atoms with Gasteiger partial charge in [-0.3, -0.25) is 4.98 Å². The number of anilines is 3. The highest BCUT2D eigenvalue weighted by atomic mass is 16.5. The van der Waals surface area contributed by atoms with Crippen LogP contribution < -0.4 is 14.7 Å². The van der Waals surface area contributed by atoms with Crippen LogP contribution in [0.3, 0.4) is 0 Å². The lowest BCUT2D eigenvalue weighted by Gasteiger charge is -2.41. The maximum Gasteiger partial charge on any atom is 0.337 e. The summed E-state index contributed by atoms with van der Waals surface area (Å²) in [6.45, 7) is 20.7. The van der Waals surface area contributed by atoms with Crippen LogP contribution in [0, 0.1) is 19.3 Å². The minimum absolute atomic E-state index is 0.241. The van der Waals surface area contributed by atoms with E-state index in [9.17, 15) is 9.90 Å². The molecule has 10 nitrogen and oxygen atoms in total. The number of carboxylic acid groups (broad SMARTS) is 1. The predicted octanol–water partition coefficient (Wildman–Crippen LogP) is 6.12. The molecule has 10 heteroatoms. The van der Waals surface area contributed by atoms with Gasteiger partial charge in [-0.15, -0.1) is 0 Å². The van der Waals surface area contributed by atoms with Gasteiger partial charge in [-0.05, 0) is 82.1 Å². The maximum atomic E-state index is 12.9. The maximum absolute atomic E-state index is 12.9. The van der Waals surface area contributed by atoms with Crippen LogP contribution in [0.1, 0.15) is 81.6 Å². The number of carbonyl (C=O) groups is 1. The third-order valence-corrected chi connectivity index (χ3v) is 9.72. The molecule has 252 valence electrons. The lowest BCUT2D eigenvalue weighted by molar-refractivity contribution is -0.160. The fourth-order valence-corrected chi connectivity index (χ4v) is 7.09. The molecule has 0 unspecified atom stereocenters. The zero-order valence-electron chi connectivity index (χ0n) is 29.1. The number of aryl methyl sites for hydroxylation is 2. The SMILES string of the molecule is Cc1nc(C)c([C@H](OC(C)(C)C)C(=O)O)c(N2CCC(C)(C)CC2)c1-c1ccc2c(c1)CCN(c1nccc(N3CCOCC3)n1)C2. The zero-order chi connectivity index (χ0) is 33.5. The van der Waals surface area contributed by atoms with Crippen LogP contribution in [0.15, 0.2) is 30.5 Å². The molecule has 3 aliphatic heterocycles. The van der Waals surface area contributed by atoms with Gasteiger partial charge >= 0.3 is 5.97 Å². The summed E-state index contributed by atoms with van der Waals surface area (Å²) in [4.78, 5) is 34.3. The van der Waals surface area contributed by atoms with Gasteiger partial charge in [0.15, 0.2) is 6.10 Å². The summed E-state index contributed by atoms with van der Waals surface area (Å²) in [5.41, 5.74) is 7.41. The molecule has 0 aliphatic carbocycles. The first kappa shape index (κ1) is 33.2. The van der Waals surface area contributed by atoms with Crippen LogP contribution in [0.4, 0.5) is 17.5 Å². The molecule has 0 radical (unpaired) electrons. The summed E-state index contributed by atoms with van der Waals surface area (Å²) in [6, 6.07) is 8.66. The van der Waals surface area contributed by atoms with E-state index >= 15 is 0 Å². The predicted molar refractivity (Wildman–Crippen MR) is 185 cm³/mol. The first-order chi connectivity index (χ1) is 22.3. The number of fused-ring (bicyclic) bond motifs is 1. The van der Waals surface area contributed by atoms with Crippen molar-refractivity contribution in [1.82, 2.24) is 15.0 Å². The highest BCUT2D eigenvalue weighted by molar-refractivity contribution is 5.88. The normalized spacial score (nSPS) is 19.0. The highest BCUT2D eigenvalue weighted by Crippen LogP contribution is 2.45. The van der Waals surface area contributed by atoms with Gasteiger partial charge in [0.05, 0.1) is 24.5 Å². The number of benzene rings is 1. The largest absolute Gasteiger partial charge is 0.479 e. The zero-order valence-corrected chi connectivity index (χ0v) is 29.1. The van der Waals surface area contributed by atoms with Crippen molar-refractivity contribution in [3.63, 3.8) is 0 Å². The van der Waals surface area contributed by atoms with Gasteiger partial charge in [0.2, 0.25) is 5.95 Å². The number of nitrogens with zero attached hydrogens (tertiary/aromatic N) is 6. The van der Waals surface area contributed by atoms with Crippen molar-refractivity contribution in [2.45, 2.75) is 86.0 Å². The van der Waals surface area contributed by atoms with Crippen molar-refractivity contribution in [3.05, 3.63) is 58.5 Å². The molecule has 0 spiro atoms. The molecular weight excluding hydrogens is 592 g/mol. The van der Waals surface area contributed by atoms with Gasteiger partial charge in [-0.1, -0.05) is 32.0 Å². The minimum atomic E-state index is -1.13. The number of morpholine rings is 1. The van der Waals surface area contributed by atoms with Crippen molar-refractivity contribution in [2.75, 3.05) is 60.6 Å². The van der Waals surface area contributed by atoms with E-state index in [1.807, 2.05) is 46.9 Å². The molecule has 0 bridgehead atoms. The molecule has 6 rings (SSSR count). The molecule has 47 heavy (non-hydrogen) atoms. The van der Waals surface area contributed by atoms with Crippen molar-refractivity contribution in [3.8, 4) is 11.1 Å². The van der Waals surface area contributed by atoms with Gasteiger partial charge in [-0.25, -0.2) is 9.78 Å². The number of aliphatic carboxylic acids is 1. The number of pyridine rings is 1. The Bertz CT molecular complexity index is 1620. The Labute approximate surface area is 279 Å². The standard InChI is InChI=1S/C37H50N6O4/c1-24-30(32(42-16-12-37(6,7)13-17-42)31(25(2)39-24)33(34(44)45)47-36(3,4)5)27-8-9-28-23-43(15-11-26(28)22-27)35-38-14-10-29(40-35)41-18-20-46-21-19-41/h8-10,14,22,33H,11-13,15-21,23H2,1-7H3,(H,44,45)/t33-/m0/s1. The molecule has 1 aromatic carbocycles. The Morgan fingerprint density at radius 1 is 0.936 bits per heavy atom. The number of hydrogen-bond donors (Lipinski definition) is 1. The van der Waals surface area contributed by atoms with E-state index in [2.05, 4.69) is 51.7 Å². The Hall–Kier alpha value is -3.76. The molecule has 1 N–H and O–H groups in total. The molecule has 1 atom stereocenters.